The first kappa shape index (κ1) is 14.5. The van der Waals surface area contributed by atoms with Gasteiger partial charge in [0.15, 0.2) is 0 Å². The van der Waals surface area contributed by atoms with E-state index in [1.807, 2.05) is 32.7 Å². The molecule has 0 bridgehead atoms. The Labute approximate surface area is 125 Å². The van der Waals surface area contributed by atoms with Crippen molar-refractivity contribution in [3.8, 4) is 0 Å². The van der Waals surface area contributed by atoms with E-state index < -0.39 is 0 Å². The zero-order valence-electron chi connectivity index (χ0n) is 13.2. The first-order valence-corrected chi connectivity index (χ1v) is 7.53. The van der Waals surface area contributed by atoms with Crippen LogP contribution >= 0.6 is 0 Å². The molecule has 1 aromatic heterocycles. The Morgan fingerprint density at radius 1 is 1.52 bits per heavy atom. The maximum atomic E-state index is 12.4. The van der Waals surface area contributed by atoms with Crippen LogP contribution in [-0.4, -0.2) is 64.9 Å². The highest BCUT2D eigenvalue weighted by Crippen LogP contribution is 2.35. The molecule has 2 fully saturated rings. The van der Waals surface area contributed by atoms with Crippen molar-refractivity contribution in [3.05, 3.63) is 17.5 Å². The van der Waals surface area contributed by atoms with Gasteiger partial charge >= 0.3 is 0 Å². The van der Waals surface area contributed by atoms with E-state index in [0.29, 0.717) is 6.04 Å². The number of nitrogens with zero attached hydrogens (tertiary/aromatic N) is 4. The van der Waals surface area contributed by atoms with Crippen molar-refractivity contribution in [1.82, 2.24) is 19.6 Å². The second-order valence-corrected chi connectivity index (χ2v) is 6.37. The van der Waals surface area contributed by atoms with Gasteiger partial charge in [-0.1, -0.05) is 0 Å². The molecule has 21 heavy (non-hydrogen) atoms. The Kier molecular flexibility index (Phi) is 3.75. The first-order chi connectivity index (χ1) is 9.97. The van der Waals surface area contributed by atoms with E-state index in [4.69, 9.17) is 4.74 Å². The molecule has 0 N–H and O–H groups in total. The first-order valence-electron chi connectivity index (χ1n) is 7.53. The summed E-state index contributed by atoms with van der Waals surface area (Å²) in [6.07, 6.45) is 3.14. The summed E-state index contributed by atoms with van der Waals surface area (Å²) < 4.78 is 7.71. The number of aromatic nitrogens is 2. The van der Waals surface area contributed by atoms with Gasteiger partial charge in [0.05, 0.1) is 17.7 Å². The summed E-state index contributed by atoms with van der Waals surface area (Å²) in [7, 11) is 5.58. The van der Waals surface area contributed by atoms with Crippen LogP contribution in [0.2, 0.25) is 0 Å². The quantitative estimate of drug-likeness (QED) is 0.809. The van der Waals surface area contributed by atoms with Gasteiger partial charge in [-0.3, -0.25) is 14.4 Å². The number of amides is 1. The van der Waals surface area contributed by atoms with Crippen molar-refractivity contribution >= 4 is 5.91 Å². The third-order valence-electron chi connectivity index (χ3n) is 4.65. The summed E-state index contributed by atoms with van der Waals surface area (Å²) in [5.41, 5.74) is 2.30. The monoisotopic (exact) mass is 292 g/mol. The van der Waals surface area contributed by atoms with Crippen LogP contribution in [0.5, 0.6) is 0 Å². The van der Waals surface area contributed by atoms with E-state index in [9.17, 15) is 4.79 Å². The van der Waals surface area contributed by atoms with E-state index in [2.05, 4.69) is 16.2 Å². The van der Waals surface area contributed by atoms with Crippen molar-refractivity contribution in [2.24, 2.45) is 13.0 Å². The van der Waals surface area contributed by atoms with Gasteiger partial charge in [0, 0.05) is 58.6 Å². The summed E-state index contributed by atoms with van der Waals surface area (Å²) in [5, 5.41) is 4.40. The van der Waals surface area contributed by atoms with Crippen molar-refractivity contribution in [3.63, 3.8) is 0 Å². The average Bonchev–Trinajstić information content (AvgIpc) is 3.07. The lowest BCUT2D eigenvalue weighted by Gasteiger charge is -2.21. The number of fused-ring (bicyclic) bond motifs is 1. The van der Waals surface area contributed by atoms with Gasteiger partial charge in [0.25, 0.3) is 0 Å². The Morgan fingerprint density at radius 3 is 2.90 bits per heavy atom. The van der Waals surface area contributed by atoms with E-state index in [1.54, 1.807) is 4.90 Å². The second kappa shape index (κ2) is 5.42. The SMILES string of the molecule is Cc1nn(C)cc1CN1C[C@H](C(=O)N(C)C)[C@H]2OCC[C@H]21. The maximum absolute atomic E-state index is 12.4. The molecule has 3 atom stereocenters. The number of aryl methyl sites for hydroxylation is 2. The van der Waals surface area contributed by atoms with Gasteiger partial charge in [0.1, 0.15) is 0 Å². The number of hydrogen-bond acceptors (Lipinski definition) is 4. The number of carbonyl (C=O) groups is 1. The lowest BCUT2D eigenvalue weighted by atomic mass is 10.0. The molecule has 3 rings (SSSR count). The van der Waals surface area contributed by atoms with Crippen LogP contribution in [0.15, 0.2) is 6.20 Å². The predicted octanol–water partition coefficient (Wildman–Crippen LogP) is 0.406. The molecule has 1 aromatic rings. The van der Waals surface area contributed by atoms with E-state index >= 15 is 0 Å². The van der Waals surface area contributed by atoms with Gasteiger partial charge in [-0.05, 0) is 13.3 Å². The Morgan fingerprint density at radius 2 is 2.29 bits per heavy atom. The fourth-order valence-electron chi connectivity index (χ4n) is 3.62. The molecule has 2 aliphatic rings. The van der Waals surface area contributed by atoms with Gasteiger partial charge in [-0.15, -0.1) is 0 Å². The van der Waals surface area contributed by atoms with Crippen LogP contribution in [0.1, 0.15) is 17.7 Å². The van der Waals surface area contributed by atoms with Gasteiger partial charge in [-0.2, -0.15) is 5.10 Å². The molecule has 2 saturated heterocycles. The number of hydrogen-bond donors (Lipinski definition) is 0. The molecule has 0 saturated carbocycles. The van der Waals surface area contributed by atoms with Crippen LogP contribution < -0.4 is 0 Å². The predicted molar refractivity (Wildman–Crippen MR) is 78.7 cm³/mol. The number of likely N-dealkylation sites (tertiary alicyclic amines) is 1. The highest BCUT2D eigenvalue weighted by Gasteiger charge is 2.48. The number of carbonyl (C=O) groups excluding carboxylic acids is 1. The molecule has 0 aromatic carbocycles. The molecule has 116 valence electrons. The fourth-order valence-corrected chi connectivity index (χ4v) is 3.62. The zero-order valence-corrected chi connectivity index (χ0v) is 13.2. The standard InChI is InChI=1S/C15H24N4O2/c1-10-11(7-18(4)16-10)8-19-9-12(15(20)17(2)3)14-13(19)5-6-21-14/h7,12-14H,5-6,8-9H2,1-4H3/t12-,13+,14+/m0/s1. The van der Waals surface area contributed by atoms with Crippen molar-refractivity contribution in [2.45, 2.75) is 32.0 Å². The smallest absolute Gasteiger partial charge is 0.229 e. The summed E-state index contributed by atoms with van der Waals surface area (Å²) in [4.78, 5) is 16.4. The van der Waals surface area contributed by atoms with Gasteiger partial charge in [0.2, 0.25) is 5.91 Å². The number of ether oxygens (including phenoxy) is 1. The van der Waals surface area contributed by atoms with E-state index in [1.165, 1.54) is 5.56 Å². The largest absolute Gasteiger partial charge is 0.376 e. The average molecular weight is 292 g/mol. The minimum absolute atomic E-state index is 0.0375. The van der Waals surface area contributed by atoms with Gasteiger partial charge in [-0.25, -0.2) is 0 Å². The van der Waals surface area contributed by atoms with Gasteiger partial charge < -0.3 is 9.64 Å². The minimum atomic E-state index is -0.0375. The molecular weight excluding hydrogens is 268 g/mol. The van der Waals surface area contributed by atoms with Crippen molar-refractivity contribution in [2.75, 3.05) is 27.2 Å². The Hall–Kier alpha value is -1.40. The third-order valence-corrected chi connectivity index (χ3v) is 4.65. The molecule has 2 aliphatic heterocycles. The normalized spacial score (nSPS) is 28.9. The van der Waals surface area contributed by atoms with Crippen LogP contribution in [-0.2, 0) is 23.1 Å². The molecule has 3 heterocycles. The second-order valence-electron chi connectivity index (χ2n) is 6.37. The molecule has 0 radical (unpaired) electrons. The lowest BCUT2D eigenvalue weighted by molar-refractivity contribution is -0.135. The van der Waals surface area contributed by atoms with E-state index in [0.717, 1.165) is 31.8 Å². The highest BCUT2D eigenvalue weighted by atomic mass is 16.5. The Bertz CT molecular complexity index is 540. The molecule has 1 amide bonds. The zero-order chi connectivity index (χ0) is 15.1. The highest BCUT2D eigenvalue weighted by molar-refractivity contribution is 5.79. The van der Waals surface area contributed by atoms with E-state index in [-0.39, 0.29) is 17.9 Å². The maximum Gasteiger partial charge on any atom is 0.229 e. The summed E-state index contributed by atoms with van der Waals surface area (Å²) in [6.45, 7) is 4.42. The molecule has 0 aliphatic carbocycles. The number of rotatable bonds is 3. The minimum Gasteiger partial charge on any atom is -0.376 e. The molecule has 0 unspecified atom stereocenters. The van der Waals surface area contributed by atoms with Crippen molar-refractivity contribution in [1.29, 1.82) is 0 Å². The lowest BCUT2D eigenvalue weighted by Crippen LogP contribution is -2.37. The molecule has 0 spiro atoms. The summed E-state index contributed by atoms with van der Waals surface area (Å²) in [5.74, 6) is 0.141. The summed E-state index contributed by atoms with van der Waals surface area (Å²) >= 11 is 0. The molecule has 6 nitrogen and oxygen atoms in total. The Balaban J connectivity index is 1.77. The van der Waals surface area contributed by atoms with Crippen LogP contribution in [0.4, 0.5) is 0 Å². The fraction of sp³-hybridized carbons (Fsp3) is 0.733. The topological polar surface area (TPSA) is 50.6 Å². The molecular formula is C15H24N4O2. The van der Waals surface area contributed by atoms with Crippen LogP contribution in [0.25, 0.3) is 0 Å². The molecule has 6 heteroatoms. The van der Waals surface area contributed by atoms with Crippen LogP contribution in [0, 0.1) is 12.8 Å². The summed E-state index contributed by atoms with van der Waals surface area (Å²) in [6, 6.07) is 0.360. The van der Waals surface area contributed by atoms with Crippen molar-refractivity contribution < 1.29 is 9.53 Å². The van der Waals surface area contributed by atoms with Crippen LogP contribution in [0.3, 0.4) is 0 Å². The third kappa shape index (κ3) is 2.58.